The molecule has 0 aliphatic carbocycles. The highest BCUT2D eigenvalue weighted by atomic mass is 16.5. The molecule has 0 atom stereocenters. The second kappa shape index (κ2) is 6.43. The first kappa shape index (κ1) is 15.3. The molecule has 106 valence electrons. The molecule has 3 N–H and O–H groups in total. The molecule has 0 aliphatic heterocycles. The normalized spacial score (nSPS) is 11.0. The second-order valence-corrected chi connectivity index (χ2v) is 5.08. The molecule has 0 aromatic heterocycles. The largest absolute Gasteiger partial charge is 0.493 e. The van der Waals surface area contributed by atoms with E-state index in [-0.39, 0.29) is 12.5 Å². The van der Waals surface area contributed by atoms with Crippen LogP contribution < -0.4 is 20.5 Å². The van der Waals surface area contributed by atoms with Gasteiger partial charge in [0.2, 0.25) is 0 Å². The number of nitrogens with two attached hydrogens (primary N) is 1. The van der Waals surface area contributed by atoms with E-state index in [1.165, 1.54) is 0 Å². The van der Waals surface area contributed by atoms with Gasteiger partial charge in [-0.2, -0.15) is 0 Å². The van der Waals surface area contributed by atoms with Crippen LogP contribution >= 0.6 is 0 Å². The van der Waals surface area contributed by atoms with Crippen LogP contribution in [-0.4, -0.2) is 31.7 Å². The lowest BCUT2D eigenvalue weighted by atomic mass is 10.1. The number of rotatable bonds is 6. The van der Waals surface area contributed by atoms with Crippen molar-refractivity contribution < 1.29 is 14.3 Å². The van der Waals surface area contributed by atoms with Crippen LogP contribution in [-0.2, 0) is 4.79 Å². The summed E-state index contributed by atoms with van der Waals surface area (Å²) in [5, 5.41) is 2.80. The Labute approximate surface area is 114 Å². The van der Waals surface area contributed by atoms with Gasteiger partial charge in [0.25, 0.3) is 5.91 Å². The number of carbonyl (C=O) groups is 1. The Morgan fingerprint density at radius 3 is 2.63 bits per heavy atom. The molecule has 0 spiro atoms. The molecule has 0 saturated heterocycles. The van der Waals surface area contributed by atoms with Crippen molar-refractivity contribution in [3.63, 3.8) is 0 Å². The minimum absolute atomic E-state index is 0.0666. The fourth-order valence-electron chi connectivity index (χ4n) is 1.50. The second-order valence-electron chi connectivity index (χ2n) is 5.08. The first-order valence-corrected chi connectivity index (χ1v) is 6.16. The zero-order chi connectivity index (χ0) is 14.5. The number of amides is 1. The lowest BCUT2D eigenvalue weighted by molar-refractivity contribution is -0.124. The maximum Gasteiger partial charge on any atom is 0.258 e. The van der Waals surface area contributed by atoms with Gasteiger partial charge in [0.05, 0.1) is 7.11 Å². The van der Waals surface area contributed by atoms with Crippen LogP contribution in [0, 0.1) is 6.92 Å². The zero-order valence-corrected chi connectivity index (χ0v) is 11.9. The molecule has 1 amide bonds. The summed E-state index contributed by atoms with van der Waals surface area (Å²) in [7, 11) is 1.57. The number of hydrogen-bond donors (Lipinski definition) is 2. The van der Waals surface area contributed by atoms with Crippen LogP contribution in [0.4, 0.5) is 0 Å². The summed E-state index contributed by atoms with van der Waals surface area (Å²) in [4.78, 5) is 11.7. The Kier molecular flexibility index (Phi) is 5.18. The maximum atomic E-state index is 11.7. The van der Waals surface area contributed by atoms with Crippen molar-refractivity contribution in [2.24, 2.45) is 5.73 Å². The minimum Gasteiger partial charge on any atom is -0.493 e. The van der Waals surface area contributed by atoms with Crippen molar-refractivity contribution in [1.82, 2.24) is 5.32 Å². The highest BCUT2D eigenvalue weighted by molar-refractivity contribution is 5.78. The van der Waals surface area contributed by atoms with E-state index in [0.717, 1.165) is 5.56 Å². The SMILES string of the molecule is COc1cc(C)ccc1OCC(=O)NC(C)(C)CN. The van der Waals surface area contributed by atoms with Crippen LogP contribution in [0.5, 0.6) is 11.5 Å². The number of aryl methyl sites for hydroxylation is 1. The number of nitrogens with one attached hydrogen (secondary N) is 1. The predicted molar refractivity (Wildman–Crippen MR) is 74.5 cm³/mol. The van der Waals surface area contributed by atoms with E-state index < -0.39 is 5.54 Å². The van der Waals surface area contributed by atoms with Crippen LogP contribution in [0.2, 0.25) is 0 Å². The molecule has 1 aromatic rings. The summed E-state index contributed by atoms with van der Waals surface area (Å²) in [5.41, 5.74) is 6.18. The van der Waals surface area contributed by atoms with Gasteiger partial charge >= 0.3 is 0 Å². The summed E-state index contributed by atoms with van der Waals surface area (Å²) in [6, 6.07) is 5.55. The molecule has 0 fully saturated rings. The van der Waals surface area contributed by atoms with Gasteiger partial charge in [-0.15, -0.1) is 0 Å². The van der Waals surface area contributed by atoms with E-state index >= 15 is 0 Å². The Balaban J connectivity index is 2.60. The van der Waals surface area contributed by atoms with E-state index in [1.54, 1.807) is 13.2 Å². The highest BCUT2D eigenvalue weighted by Gasteiger charge is 2.18. The third kappa shape index (κ3) is 4.79. The molecule has 5 heteroatoms. The van der Waals surface area contributed by atoms with Crippen molar-refractivity contribution >= 4 is 5.91 Å². The fourth-order valence-corrected chi connectivity index (χ4v) is 1.50. The molecule has 0 unspecified atom stereocenters. The third-order valence-electron chi connectivity index (χ3n) is 2.67. The first-order chi connectivity index (χ1) is 8.88. The highest BCUT2D eigenvalue weighted by Crippen LogP contribution is 2.27. The zero-order valence-electron chi connectivity index (χ0n) is 11.9. The van der Waals surface area contributed by atoms with E-state index in [0.29, 0.717) is 18.0 Å². The predicted octanol–water partition coefficient (Wildman–Crippen LogP) is 1.24. The molecule has 0 heterocycles. The third-order valence-corrected chi connectivity index (χ3v) is 2.67. The maximum absolute atomic E-state index is 11.7. The fraction of sp³-hybridized carbons (Fsp3) is 0.500. The van der Waals surface area contributed by atoms with Gasteiger partial charge < -0.3 is 20.5 Å². The van der Waals surface area contributed by atoms with E-state index in [4.69, 9.17) is 15.2 Å². The van der Waals surface area contributed by atoms with Crippen molar-refractivity contribution in [2.45, 2.75) is 26.3 Å². The molecule has 0 bridgehead atoms. The van der Waals surface area contributed by atoms with E-state index in [2.05, 4.69) is 5.32 Å². The van der Waals surface area contributed by atoms with Crippen LogP contribution in [0.15, 0.2) is 18.2 Å². The molecule has 1 aromatic carbocycles. The summed E-state index contributed by atoms with van der Waals surface area (Å²) >= 11 is 0. The summed E-state index contributed by atoms with van der Waals surface area (Å²) in [5.74, 6) is 0.956. The van der Waals surface area contributed by atoms with Crippen LogP contribution in [0.25, 0.3) is 0 Å². The van der Waals surface area contributed by atoms with Crippen LogP contribution in [0.1, 0.15) is 19.4 Å². The topological polar surface area (TPSA) is 73.6 Å². The van der Waals surface area contributed by atoms with Gasteiger partial charge in [-0.05, 0) is 38.5 Å². The number of carbonyl (C=O) groups excluding carboxylic acids is 1. The average Bonchev–Trinajstić information content (AvgIpc) is 2.36. The quantitative estimate of drug-likeness (QED) is 0.812. The van der Waals surface area contributed by atoms with Crippen molar-refractivity contribution in [3.05, 3.63) is 23.8 Å². The summed E-state index contributed by atoms with van der Waals surface area (Å²) in [6.45, 7) is 5.98. The van der Waals surface area contributed by atoms with Crippen molar-refractivity contribution in [2.75, 3.05) is 20.3 Å². The van der Waals surface area contributed by atoms with Gasteiger partial charge in [0, 0.05) is 12.1 Å². The van der Waals surface area contributed by atoms with Crippen molar-refractivity contribution in [3.8, 4) is 11.5 Å². The molecule has 0 aliphatic rings. The molecule has 1 rings (SSSR count). The Morgan fingerprint density at radius 2 is 2.05 bits per heavy atom. The Morgan fingerprint density at radius 1 is 1.37 bits per heavy atom. The minimum atomic E-state index is -0.433. The molecular weight excluding hydrogens is 244 g/mol. The van der Waals surface area contributed by atoms with Gasteiger partial charge in [0.1, 0.15) is 0 Å². The number of hydrogen-bond acceptors (Lipinski definition) is 4. The van der Waals surface area contributed by atoms with E-state index in [1.807, 2.05) is 32.9 Å². The van der Waals surface area contributed by atoms with Gasteiger partial charge in [-0.25, -0.2) is 0 Å². The number of methoxy groups -OCH3 is 1. The lowest BCUT2D eigenvalue weighted by Gasteiger charge is -2.24. The Bertz CT molecular complexity index is 444. The number of ether oxygens (including phenoxy) is 2. The molecule has 5 nitrogen and oxygen atoms in total. The molecule has 19 heavy (non-hydrogen) atoms. The summed E-state index contributed by atoms with van der Waals surface area (Å²) in [6.07, 6.45) is 0. The molecular formula is C14H22N2O3. The summed E-state index contributed by atoms with van der Waals surface area (Å²) < 4.78 is 10.7. The standard InChI is InChI=1S/C14H22N2O3/c1-10-5-6-11(12(7-10)18-4)19-8-13(17)16-14(2,3)9-15/h5-7H,8-9,15H2,1-4H3,(H,16,17). The van der Waals surface area contributed by atoms with Gasteiger partial charge in [-0.3, -0.25) is 4.79 Å². The first-order valence-electron chi connectivity index (χ1n) is 6.16. The van der Waals surface area contributed by atoms with Crippen molar-refractivity contribution in [1.29, 1.82) is 0 Å². The van der Waals surface area contributed by atoms with E-state index in [9.17, 15) is 4.79 Å². The average molecular weight is 266 g/mol. The Hall–Kier alpha value is -1.75. The number of benzene rings is 1. The molecule has 0 saturated carbocycles. The lowest BCUT2D eigenvalue weighted by Crippen LogP contribution is -2.50. The molecule has 0 radical (unpaired) electrons. The smallest absolute Gasteiger partial charge is 0.258 e. The van der Waals surface area contributed by atoms with Gasteiger partial charge in [-0.1, -0.05) is 6.07 Å². The van der Waals surface area contributed by atoms with Crippen LogP contribution in [0.3, 0.4) is 0 Å². The monoisotopic (exact) mass is 266 g/mol. The van der Waals surface area contributed by atoms with Gasteiger partial charge in [0.15, 0.2) is 18.1 Å².